The molecule has 1 aliphatic carbocycles. The van der Waals surface area contributed by atoms with Gasteiger partial charge in [-0.1, -0.05) is 18.0 Å². The number of rotatable bonds is 4. The molecule has 0 radical (unpaired) electrons. The SMILES string of the molecule is N[C@@H]1CCC[C@H]1C(=O)NC[C@H](O)c1cc(Cl)c2c(c1)OCCO2. The molecule has 4 N–H and O–H groups in total. The molecule has 1 saturated carbocycles. The first-order chi connectivity index (χ1) is 11.1. The highest BCUT2D eigenvalue weighted by molar-refractivity contribution is 6.32. The van der Waals surface area contributed by atoms with E-state index in [4.69, 9.17) is 26.8 Å². The second-order valence-electron chi connectivity index (χ2n) is 5.99. The number of aliphatic hydroxyl groups is 1. The summed E-state index contributed by atoms with van der Waals surface area (Å²) < 4.78 is 10.9. The summed E-state index contributed by atoms with van der Waals surface area (Å²) in [6.45, 7) is 1.00. The molecular weight excluding hydrogens is 320 g/mol. The first-order valence-corrected chi connectivity index (χ1v) is 8.24. The highest BCUT2D eigenvalue weighted by Crippen LogP contribution is 2.39. The zero-order valence-electron chi connectivity index (χ0n) is 12.8. The average molecular weight is 341 g/mol. The van der Waals surface area contributed by atoms with Crippen molar-refractivity contribution in [2.24, 2.45) is 11.7 Å². The molecule has 0 unspecified atom stereocenters. The number of aliphatic hydroxyl groups excluding tert-OH is 1. The van der Waals surface area contributed by atoms with Gasteiger partial charge in [-0.3, -0.25) is 4.79 Å². The van der Waals surface area contributed by atoms with E-state index in [0.29, 0.717) is 35.3 Å². The Morgan fingerprint density at radius 2 is 2.17 bits per heavy atom. The number of fused-ring (bicyclic) bond motifs is 1. The fourth-order valence-corrected chi connectivity index (χ4v) is 3.36. The lowest BCUT2D eigenvalue weighted by atomic mass is 10.0. The first kappa shape index (κ1) is 16.4. The Bertz CT molecular complexity index is 596. The molecule has 6 nitrogen and oxygen atoms in total. The number of benzene rings is 1. The Morgan fingerprint density at radius 1 is 1.39 bits per heavy atom. The van der Waals surface area contributed by atoms with Crippen LogP contribution in [-0.2, 0) is 4.79 Å². The summed E-state index contributed by atoms with van der Waals surface area (Å²) in [5.41, 5.74) is 6.50. The molecule has 7 heteroatoms. The molecule has 2 aliphatic rings. The van der Waals surface area contributed by atoms with Gasteiger partial charge < -0.3 is 25.6 Å². The third-order valence-corrected chi connectivity index (χ3v) is 4.66. The molecule has 1 heterocycles. The number of amides is 1. The number of hydrogen-bond acceptors (Lipinski definition) is 5. The summed E-state index contributed by atoms with van der Waals surface area (Å²) in [5, 5.41) is 13.5. The van der Waals surface area contributed by atoms with Gasteiger partial charge in [0.1, 0.15) is 13.2 Å². The van der Waals surface area contributed by atoms with E-state index in [-0.39, 0.29) is 24.4 Å². The third-order valence-electron chi connectivity index (χ3n) is 4.38. The van der Waals surface area contributed by atoms with Crippen LogP contribution in [0.1, 0.15) is 30.9 Å². The predicted octanol–water partition coefficient (Wildman–Crippen LogP) is 1.39. The Kier molecular flexibility index (Phi) is 4.94. The Balaban J connectivity index is 1.63. The van der Waals surface area contributed by atoms with Crippen LogP contribution in [-0.4, -0.2) is 36.8 Å². The van der Waals surface area contributed by atoms with Gasteiger partial charge in [0, 0.05) is 12.6 Å². The Labute approximate surface area is 139 Å². The van der Waals surface area contributed by atoms with E-state index in [2.05, 4.69) is 5.32 Å². The normalized spacial score (nSPS) is 24.3. The predicted molar refractivity (Wildman–Crippen MR) is 85.7 cm³/mol. The Hall–Kier alpha value is -1.50. The van der Waals surface area contributed by atoms with Crippen molar-refractivity contribution in [2.45, 2.75) is 31.4 Å². The molecule has 1 aromatic carbocycles. The van der Waals surface area contributed by atoms with Gasteiger partial charge in [0.2, 0.25) is 5.91 Å². The number of nitrogens with one attached hydrogen (secondary N) is 1. The van der Waals surface area contributed by atoms with E-state index in [1.807, 2.05) is 0 Å². The fourth-order valence-electron chi connectivity index (χ4n) is 3.08. The summed E-state index contributed by atoms with van der Waals surface area (Å²) in [6.07, 6.45) is 1.78. The van der Waals surface area contributed by atoms with Crippen LogP contribution in [0.4, 0.5) is 0 Å². The van der Waals surface area contributed by atoms with Crippen LogP contribution in [0.25, 0.3) is 0 Å². The summed E-state index contributed by atoms with van der Waals surface area (Å²) in [5.74, 6) is 0.750. The minimum Gasteiger partial charge on any atom is -0.486 e. The van der Waals surface area contributed by atoms with Crippen molar-refractivity contribution in [1.82, 2.24) is 5.32 Å². The minimum atomic E-state index is -0.870. The second kappa shape index (κ2) is 6.95. The topological polar surface area (TPSA) is 93.8 Å². The molecule has 1 amide bonds. The van der Waals surface area contributed by atoms with Crippen LogP contribution in [0.5, 0.6) is 11.5 Å². The Morgan fingerprint density at radius 3 is 2.91 bits per heavy atom. The lowest BCUT2D eigenvalue weighted by Crippen LogP contribution is -2.40. The molecule has 3 rings (SSSR count). The summed E-state index contributed by atoms with van der Waals surface area (Å²) in [7, 11) is 0. The minimum absolute atomic E-state index is 0.0871. The van der Waals surface area contributed by atoms with E-state index in [0.717, 1.165) is 19.3 Å². The van der Waals surface area contributed by atoms with Gasteiger partial charge in [0.25, 0.3) is 0 Å². The van der Waals surface area contributed by atoms with Crippen LogP contribution in [0, 0.1) is 5.92 Å². The summed E-state index contributed by atoms with van der Waals surface area (Å²) >= 11 is 6.16. The van der Waals surface area contributed by atoms with Crippen molar-refractivity contribution < 1.29 is 19.4 Å². The zero-order chi connectivity index (χ0) is 16.4. The number of ether oxygens (including phenoxy) is 2. The number of nitrogens with two attached hydrogens (primary N) is 1. The lowest BCUT2D eigenvalue weighted by molar-refractivity contribution is -0.125. The van der Waals surface area contributed by atoms with Crippen LogP contribution in [0.3, 0.4) is 0 Å². The van der Waals surface area contributed by atoms with Crippen LogP contribution >= 0.6 is 11.6 Å². The van der Waals surface area contributed by atoms with Crippen molar-refractivity contribution in [3.8, 4) is 11.5 Å². The van der Waals surface area contributed by atoms with E-state index < -0.39 is 6.10 Å². The van der Waals surface area contributed by atoms with Crippen molar-refractivity contribution >= 4 is 17.5 Å². The second-order valence-corrected chi connectivity index (χ2v) is 6.40. The first-order valence-electron chi connectivity index (χ1n) is 7.86. The van der Waals surface area contributed by atoms with E-state index in [1.165, 1.54) is 0 Å². The molecule has 0 saturated heterocycles. The lowest BCUT2D eigenvalue weighted by Gasteiger charge is -2.22. The van der Waals surface area contributed by atoms with Gasteiger partial charge in [-0.25, -0.2) is 0 Å². The number of hydrogen-bond donors (Lipinski definition) is 3. The van der Waals surface area contributed by atoms with Gasteiger partial charge in [0.05, 0.1) is 17.0 Å². The smallest absolute Gasteiger partial charge is 0.224 e. The standard InChI is InChI=1S/C16H21ClN2O4/c17-11-6-9(7-14-15(11)23-5-4-22-14)13(20)8-19-16(21)10-2-1-3-12(10)18/h6-7,10,12-13,20H,1-5,8,18H2,(H,19,21)/t10-,12-,13+/m1/s1. The summed E-state index contributed by atoms with van der Waals surface area (Å²) in [6, 6.07) is 3.24. The van der Waals surface area contributed by atoms with Crippen LogP contribution in [0.2, 0.25) is 5.02 Å². The van der Waals surface area contributed by atoms with Crippen molar-refractivity contribution in [3.05, 3.63) is 22.7 Å². The monoisotopic (exact) mass is 340 g/mol. The molecule has 0 bridgehead atoms. The molecule has 3 atom stereocenters. The van der Waals surface area contributed by atoms with Gasteiger partial charge in [-0.2, -0.15) is 0 Å². The molecule has 1 aliphatic heterocycles. The number of halogens is 1. The maximum Gasteiger partial charge on any atom is 0.224 e. The molecule has 23 heavy (non-hydrogen) atoms. The maximum absolute atomic E-state index is 12.1. The molecule has 0 aromatic heterocycles. The van der Waals surface area contributed by atoms with Crippen LogP contribution in [0.15, 0.2) is 12.1 Å². The van der Waals surface area contributed by atoms with Gasteiger partial charge >= 0.3 is 0 Å². The number of carbonyl (C=O) groups excluding carboxylic acids is 1. The molecule has 126 valence electrons. The number of carbonyl (C=O) groups is 1. The molecule has 1 aromatic rings. The van der Waals surface area contributed by atoms with Gasteiger partial charge in [-0.05, 0) is 30.5 Å². The quantitative estimate of drug-likeness (QED) is 0.770. The van der Waals surface area contributed by atoms with Crippen molar-refractivity contribution in [2.75, 3.05) is 19.8 Å². The van der Waals surface area contributed by atoms with Crippen molar-refractivity contribution in [1.29, 1.82) is 0 Å². The van der Waals surface area contributed by atoms with Gasteiger partial charge in [0.15, 0.2) is 11.5 Å². The summed E-state index contributed by atoms with van der Waals surface area (Å²) in [4.78, 5) is 12.1. The van der Waals surface area contributed by atoms with E-state index >= 15 is 0 Å². The van der Waals surface area contributed by atoms with E-state index in [9.17, 15) is 9.90 Å². The van der Waals surface area contributed by atoms with Gasteiger partial charge in [-0.15, -0.1) is 0 Å². The highest BCUT2D eigenvalue weighted by atomic mass is 35.5. The zero-order valence-corrected chi connectivity index (χ0v) is 13.5. The fraction of sp³-hybridized carbons (Fsp3) is 0.562. The largest absolute Gasteiger partial charge is 0.486 e. The maximum atomic E-state index is 12.1. The van der Waals surface area contributed by atoms with E-state index in [1.54, 1.807) is 12.1 Å². The van der Waals surface area contributed by atoms with Crippen LogP contribution < -0.4 is 20.5 Å². The third kappa shape index (κ3) is 3.54. The molecule has 1 fully saturated rings. The average Bonchev–Trinajstić information content (AvgIpc) is 2.98. The molecule has 0 spiro atoms. The molecular formula is C16H21ClN2O4. The van der Waals surface area contributed by atoms with Crippen molar-refractivity contribution in [3.63, 3.8) is 0 Å². The highest BCUT2D eigenvalue weighted by Gasteiger charge is 2.30.